The molecule has 0 fully saturated rings. The van der Waals surface area contributed by atoms with Crippen molar-refractivity contribution in [2.45, 2.75) is 12.8 Å². The Kier molecular flexibility index (Phi) is 3.81. The molecule has 78 valence electrons. The molecule has 0 amide bonds. The minimum absolute atomic E-state index is 0.185. The average Bonchev–Trinajstić information content (AvgIpc) is 2.25. The number of carbonyl (C=O) groups is 1. The molecular formula is C11H10FNO2. The molecule has 3 nitrogen and oxygen atoms in total. The van der Waals surface area contributed by atoms with E-state index in [0.29, 0.717) is 12.0 Å². The Bertz CT molecular complexity index is 410. The first-order valence-corrected chi connectivity index (χ1v) is 4.42. The van der Waals surface area contributed by atoms with E-state index >= 15 is 0 Å². The fourth-order valence-electron chi connectivity index (χ4n) is 1.21. The highest BCUT2D eigenvalue weighted by molar-refractivity contribution is 5.69. The summed E-state index contributed by atoms with van der Waals surface area (Å²) in [5.74, 6) is -0.813. The van der Waals surface area contributed by atoms with E-state index in [-0.39, 0.29) is 18.0 Å². The molecule has 1 aromatic carbocycles. The summed E-state index contributed by atoms with van der Waals surface area (Å²) in [5, 5.41) is 8.60. The lowest BCUT2D eigenvalue weighted by Crippen LogP contribution is -2.02. The largest absolute Gasteiger partial charge is 0.469 e. The maximum Gasteiger partial charge on any atom is 0.305 e. The highest BCUT2D eigenvalue weighted by Gasteiger charge is 2.04. The van der Waals surface area contributed by atoms with Gasteiger partial charge in [0.1, 0.15) is 5.82 Å². The second-order valence-electron chi connectivity index (χ2n) is 3.04. The summed E-state index contributed by atoms with van der Waals surface area (Å²) < 4.78 is 17.4. The van der Waals surface area contributed by atoms with E-state index in [9.17, 15) is 9.18 Å². The zero-order valence-electron chi connectivity index (χ0n) is 8.29. The minimum atomic E-state index is -0.464. The van der Waals surface area contributed by atoms with E-state index in [2.05, 4.69) is 4.74 Å². The van der Waals surface area contributed by atoms with E-state index in [0.717, 1.165) is 6.07 Å². The van der Waals surface area contributed by atoms with E-state index in [4.69, 9.17) is 5.26 Å². The third kappa shape index (κ3) is 3.39. The van der Waals surface area contributed by atoms with Gasteiger partial charge in [-0.05, 0) is 30.2 Å². The predicted octanol–water partition coefficient (Wildman–Crippen LogP) is 1.80. The van der Waals surface area contributed by atoms with Crippen molar-refractivity contribution < 1.29 is 13.9 Å². The maximum atomic E-state index is 13.0. The van der Waals surface area contributed by atoms with Crippen LogP contribution in [0.4, 0.5) is 4.39 Å². The lowest BCUT2D eigenvalue weighted by atomic mass is 10.1. The number of hydrogen-bond donors (Lipinski definition) is 0. The number of aryl methyl sites for hydroxylation is 1. The fourth-order valence-corrected chi connectivity index (χ4v) is 1.21. The lowest BCUT2D eigenvalue weighted by molar-refractivity contribution is -0.140. The van der Waals surface area contributed by atoms with Crippen molar-refractivity contribution in [3.63, 3.8) is 0 Å². The molecule has 1 aromatic rings. The van der Waals surface area contributed by atoms with Crippen LogP contribution < -0.4 is 0 Å². The van der Waals surface area contributed by atoms with E-state index in [1.165, 1.54) is 13.2 Å². The van der Waals surface area contributed by atoms with E-state index in [1.54, 1.807) is 6.07 Å². The predicted molar refractivity (Wildman–Crippen MR) is 51.5 cm³/mol. The highest BCUT2D eigenvalue weighted by Crippen LogP contribution is 2.10. The lowest BCUT2D eigenvalue weighted by Gasteiger charge is -2.01. The van der Waals surface area contributed by atoms with Crippen LogP contribution in [0.25, 0.3) is 0 Å². The summed E-state index contributed by atoms with van der Waals surface area (Å²) in [6.07, 6.45) is 0.559. The number of ether oxygens (including phenoxy) is 1. The molecule has 0 radical (unpaired) electrons. The van der Waals surface area contributed by atoms with Crippen molar-refractivity contribution in [2.75, 3.05) is 7.11 Å². The number of hydrogen-bond acceptors (Lipinski definition) is 3. The molecule has 1 rings (SSSR count). The molecule has 0 spiro atoms. The van der Waals surface area contributed by atoms with Crippen molar-refractivity contribution in [2.24, 2.45) is 0 Å². The van der Waals surface area contributed by atoms with Gasteiger partial charge in [0, 0.05) is 6.42 Å². The highest BCUT2D eigenvalue weighted by atomic mass is 19.1. The molecule has 0 aliphatic rings. The summed E-state index contributed by atoms with van der Waals surface area (Å²) in [5.41, 5.74) is 0.881. The zero-order chi connectivity index (χ0) is 11.3. The topological polar surface area (TPSA) is 50.1 Å². The molecule has 4 heteroatoms. The minimum Gasteiger partial charge on any atom is -0.469 e. The van der Waals surface area contributed by atoms with E-state index < -0.39 is 5.82 Å². The summed E-state index contributed by atoms with van der Waals surface area (Å²) >= 11 is 0. The summed E-state index contributed by atoms with van der Waals surface area (Å²) in [6, 6.07) is 5.88. The van der Waals surface area contributed by atoms with E-state index in [1.807, 2.05) is 6.07 Å². The third-order valence-electron chi connectivity index (χ3n) is 1.93. The first-order chi connectivity index (χ1) is 7.15. The maximum absolute atomic E-state index is 13.0. The van der Waals surface area contributed by atoms with Crippen LogP contribution in [0.2, 0.25) is 0 Å². The van der Waals surface area contributed by atoms with Gasteiger partial charge in [-0.15, -0.1) is 0 Å². The Morgan fingerprint density at radius 1 is 1.53 bits per heavy atom. The molecule has 0 bridgehead atoms. The van der Waals surface area contributed by atoms with Gasteiger partial charge in [-0.2, -0.15) is 5.26 Å². The Labute approximate surface area is 87.1 Å². The molecule has 0 saturated carbocycles. The Morgan fingerprint density at radius 3 is 2.87 bits per heavy atom. The SMILES string of the molecule is COC(=O)CCc1cc(F)cc(C#N)c1. The van der Waals surface area contributed by atoms with Crippen molar-refractivity contribution in [1.82, 2.24) is 0 Å². The third-order valence-corrected chi connectivity index (χ3v) is 1.93. The van der Waals surface area contributed by atoms with Crippen molar-refractivity contribution >= 4 is 5.97 Å². The summed E-state index contributed by atoms with van der Waals surface area (Å²) in [6.45, 7) is 0. The standard InChI is InChI=1S/C11H10FNO2/c1-15-11(14)3-2-8-4-9(7-13)6-10(12)5-8/h4-6H,2-3H2,1H3. The molecule has 15 heavy (non-hydrogen) atoms. The Hall–Kier alpha value is -1.89. The van der Waals surface area contributed by atoms with Crippen molar-refractivity contribution in [1.29, 1.82) is 5.26 Å². The number of benzene rings is 1. The zero-order valence-corrected chi connectivity index (χ0v) is 8.29. The smallest absolute Gasteiger partial charge is 0.305 e. The van der Waals surface area contributed by atoms with Crippen molar-refractivity contribution in [3.05, 3.63) is 35.1 Å². The quantitative estimate of drug-likeness (QED) is 0.710. The molecule has 0 atom stereocenters. The molecule has 0 N–H and O–H groups in total. The summed E-state index contributed by atoms with van der Waals surface area (Å²) in [4.78, 5) is 10.8. The van der Waals surface area contributed by atoms with Crippen LogP contribution in [0.3, 0.4) is 0 Å². The van der Waals surface area contributed by atoms with Gasteiger partial charge < -0.3 is 4.74 Å². The normalized spacial score (nSPS) is 9.40. The van der Waals surface area contributed by atoms with Gasteiger partial charge in [-0.3, -0.25) is 4.79 Å². The Balaban J connectivity index is 2.74. The monoisotopic (exact) mass is 207 g/mol. The van der Waals surface area contributed by atoms with Crippen LogP contribution in [0.15, 0.2) is 18.2 Å². The summed E-state index contributed by atoms with van der Waals surface area (Å²) in [7, 11) is 1.30. The van der Waals surface area contributed by atoms with Crippen LogP contribution in [-0.4, -0.2) is 13.1 Å². The molecule has 0 aromatic heterocycles. The number of methoxy groups -OCH3 is 1. The molecular weight excluding hydrogens is 197 g/mol. The number of nitriles is 1. The average molecular weight is 207 g/mol. The number of carbonyl (C=O) groups excluding carboxylic acids is 1. The van der Waals surface area contributed by atoms with Crippen molar-refractivity contribution in [3.8, 4) is 6.07 Å². The number of nitrogens with zero attached hydrogens (tertiary/aromatic N) is 1. The number of halogens is 1. The first kappa shape index (κ1) is 11.2. The number of rotatable bonds is 3. The second kappa shape index (κ2) is 5.11. The van der Waals surface area contributed by atoms with Crippen LogP contribution in [0.1, 0.15) is 17.5 Å². The van der Waals surface area contributed by atoms with Crippen LogP contribution in [0, 0.1) is 17.1 Å². The first-order valence-electron chi connectivity index (χ1n) is 4.42. The van der Waals surface area contributed by atoms with Gasteiger partial charge in [0.15, 0.2) is 0 Å². The van der Waals surface area contributed by atoms with Gasteiger partial charge in [-0.1, -0.05) is 0 Å². The fraction of sp³-hybridized carbons (Fsp3) is 0.273. The molecule has 0 aliphatic carbocycles. The van der Waals surface area contributed by atoms with Gasteiger partial charge in [0.2, 0.25) is 0 Å². The molecule has 0 aliphatic heterocycles. The molecule has 0 unspecified atom stereocenters. The van der Waals surface area contributed by atoms with Gasteiger partial charge in [-0.25, -0.2) is 4.39 Å². The Morgan fingerprint density at radius 2 is 2.27 bits per heavy atom. The van der Waals surface area contributed by atoms with Crippen LogP contribution in [-0.2, 0) is 16.0 Å². The van der Waals surface area contributed by atoms with Crippen LogP contribution >= 0.6 is 0 Å². The second-order valence-corrected chi connectivity index (χ2v) is 3.04. The van der Waals surface area contributed by atoms with Gasteiger partial charge >= 0.3 is 5.97 Å². The number of esters is 1. The molecule has 0 heterocycles. The molecule has 0 saturated heterocycles. The van der Waals surface area contributed by atoms with Gasteiger partial charge in [0.25, 0.3) is 0 Å². The van der Waals surface area contributed by atoms with Gasteiger partial charge in [0.05, 0.1) is 18.7 Å². The van der Waals surface area contributed by atoms with Crippen LogP contribution in [0.5, 0.6) is 0 Å².